The first-order chi connectivity index (χ1) is 17.2. The second kappa shape index (κ2) is 10.8. The van der Waals surface area contributed by atoms with Crippen LogP contribution in [0.5, 0.6) is 11.5 Å². The Morgan fingerprint density at radius 3 is 2.11 bits per heavy atom. The number of alkyl halides is 2. The van der Waals surface area contributed by atoms with Crippen molar-refractivity contribution >= 4 is 58.3 Å². The van der Waals surface area contributed by atoms with Crippen LogP contribution in [0.25, 0.3) is 0 Å². The highest BCUT2D eigenvalue weighted by Gasteiger charge is 2.52. The maximum Gasteiger partial charge on any atom is 0.338 e. The second-order valence-corrected chi connectivity index (χ2v) is 9.59. The molecule has 4 atom stereocenters. The van der Waals surface area contributed by atoms with Gasteiger partial charge in [-0.1, -0.05) is 0 Å². The lowest BCUT2D eigenvalue weighted by Crippen LogP contribution is -2.34. The molecule has 1 aliphatic heterocycles. The van der Waals surface area contributed by atoms with Crippen molar-refractivity contribution in [1.29, 1.82) is 0 Å². The highest BCUT2D eigenvalue weighted by Crippen LogP contribution is 2.43. The van der Waals surface area contributed by atoms with Crippen molar-refractivity contribution < 1.29 is 33.4 Å². The van der Waals surface area contributed by atoms with Gasteiger partial charge in [0.2, 0.25) is 11.8 Å². The molecule has 190 valence electrons. The third-order valence-corrected chi connectivity index (χ3v) is 7.38. The average molecular weight is 535 g/mol. The van der Waals surface area contributed by atoms with Gasteiger partial charge < -0.3 is 19.5 Å². The number of carbonyl (C=O) groups excluding carboxylic acids is 4. The van der Waals surface area contributed by atoms with Gasteiger partial charge in [-0.25, -0.2) is 4.79 Å². The summed E-state index contributed by atoms with van der Waals surface area (Å²) in [5.74, 6) is -1.98. The highest BCUT2D eigenvalue weighted by molar-refractivity contribution is 6.31. The molecule has 0 unspecified atom stereocenters. The van der Waals surface area contributed by atoms with Gasteiger partial charge in [-0.15, -0.1) is 23.2 Å². The molecule has 0 spiro atoms. The van der Waals surface area contributed by atoms with Crippen LogP contribution in [0.3, 0.4) is 0 Å². The number of rotatable bonds is 7. The van der Waals surface area contributed by atoms with Crippen LogP contribution in [0, 0.1) is 11.8 Å². The van der Waals surface area contributed by atoms with Gasteiger partial charge in [-0.3, -0.25) is 19.3 Å². The number of nitrogens with one attached hydrogen (secondary N) is 1. The van der Waals surface area contributed by atoms with Gasteiger partial charge in [-0.2, -0.15) is 0 Å². The Morgan fingerprint density at radius 1 is 0.944 bits per heavy atom. The normalized spacial score (nSPS) is 23.2. The number of ether oxygens (including phenoxy) is 3. The molecular formula is C25H24Cl2N2O7. The molecule has 1 heterocycles. The summed E-state index contributed by atoms with van der Waals surface area (Å²) in [6, 6.07) is 10.7. The van der Waals surface area contributed by atoms with E-state index in [9.17, 15) is 19.2 Å². The number of anilines is 2. The van der Waals surface area contributed by atoms with E-state index < -0.39 is 30.3 Å². The fourth-order valence-corrected chi connectivity index (χ4v) is 4.99. The Labute approximate surface area is 217 Å². The lowest BCUT2D eigenvalue weighted by atomic mass is 9.80. The molecule has 1 aliphatic carbocycles. The third kappa shape index (κ3) is 5.12. The van der Waals surface area contributed by atoms with Crippen molar-refractivity contribution in [3.63, 3.8) is 0 Å². The molecular weight excluding hydrogens is 511 g/mol. The number of esters is 1. The van der Waals surface area contributed by atoms with E-state index in [1.807, 2.05) is 0 Å². The molecule has 9 nitrogen and oxygen atoms in total. The largest absolute Gasteiger partial charge is 0.497 e. The van der Waals surface area contributed by atoms with E-state index in [0.29, 0.717) is 35.7 Å². The molecule has 2 aliphatic rings. The minimum atomic E-state index is -0.735. The summed E-state index contributed by atoms with van der Waals surface area (Å²) in [4.78, 5) is 51.6. The number of halogens is 2. The number of carbonyl (C=O) groups is 4. The molecule has 2 fully saturated rings. The number of hydrogen-bond acceptors (Lipinski definition) is 7. The summed E-state index contributed by atoms with van der Waals surface area (Å²) in [7, 11) is 2.96. The van der Waals surface area contributed by atoms with E-state index in [1.54, 1.807) is 18.2 Å². The Hall–Kier alpha value is -3.30. The van der Waals surface area contributed by atoms with Crippen LogP contribution in [-0.2, 0) is 19.1 Å². The summed E-state index contributed by atoms with van der Waals surface area (Å²) in [6.07, 6.45) is 0.687. The Kier molecular flexibility index (Phi) is 7.70. The molecule has 0 aromatic heterocycles. The average Bonchev–Trinajstić information content (AvgIpc) is 3.11. The second-order valence-electron chi connectivity index (χ2n) is 8.47. The van der Waals surface area contributed by atoms with Crippen LogP contribution in [0.4, 0.5) is 11.4 Å². The molecule has 1 saturated carbocycles. The van der Waals surface area contributed by atoms with Crippen LogP contribution in [0.1, 0.15) is 23.2 Å². The molecule has 36 heavy (non-hydrogen) atoms. The molecule has 4 rings (SSSR count). The van der Waals surface area contributed by atoms with Crippen LogP contribution < -0.4 is 19.7 Å². The van der Waals surface area contributed by atoms with Crippen LogP contribution in [-0.4, -0.2) is 55.3 Å². The topological polar surface area (TPSA) is 111 Å². The molecule has 0 bridgehead atoms. The van der Waals surface area contributed by atoms with Gasteiger partial charge in [-0.05, 0) is 49.2 Å². The van der Waals surface area contributed by atoms with Crippen molar-refractivity contribution in [3.8, 4) is 11.5 Å². The number of fused-ring (bicyclic) bond motifs is 1. The van der Waals surface area contributed by atoms with Gasteiger partial charge in [0, 0.05) is 6.07 Å². The zero-order valence-electron chi connectivity index (χ0n) is 19.5. The first-order valence-electron chi connectivity index (χ1n) is 11.2. The number of hydrogen-bond donors (Lipinski definition) is 1. The molecule has 2 aromatic carbocycles. The zero-order chi connectivity index (χ0) is 26.0. The summed E-state index contributed by atoms with van der Waals surface area (Å²) < 4.78 is 15.4. The van der Waals surface area contributed by atoms with E-state index in [2.05, 4.69) is 5.32 Å². The Bertz CT molecular complexity index is 1160. The summed E-state index contributed by atoms with van der Waals surface area (Å²) in [6.45, 7) is -0.526. The van der Waals surface area contributed by atoms with E-state index in [1.165, 1.54) is 38.5 Å². The molecule has 2 aromatic rings. The van der Waals surface area contributed by atoms with Crippen molar-refractivity contribution in [2.75, 3.05) is 31.0 Å². The zero-order valence-corrected chi connectivity index (χ0v) is 21.0. The van der Waals surface area contributed by atoms with E-state index >= 15 is 0 Å². The summed E-state index contributed by atoms with van der Waals surface area (Å²) >= 11 is 12.4. The lowest BCUT2D eigenvalue weighted by Gasteiger charge is -2.28. The van der Waals surface area contributed by atoms with Gasteiger partial charge in [0.05, 0.1) is 53.7 Å². The van der Waals surface area contributed by atoms with E-state index in [-0.39, 0.29) is 28.1 Å². The van der Waals surface area contributed by atoms with Crippen LogP contribution >= 0.6 is 23.2 Å². The first-order valence-corrected chi connectivity index (χ1v) is 12.1. The number of nitrogens with zero attached hydrogens (tertiary/aromatic N) is 1. The fourth-order valence-electron chi connectivity index (χ4n) is 4.40. The maximum absolute atomic E-state index is 12.9. The fraction of sp³-hybridized carbons (Fsp3) is 0.360. The Morgan fingerprint density at radius 2 is 1.56 bits per heavy atom. The minimum Gasteiger partial charge on any atom is -0.497 e. The van der Waals surface area contributed by atoms with Crippen LogP contribution in [0.15, 0.2) is 42.5 Å². The molecule has 3 amide bonds. The molecule has 11 heteroatoms. The monoisotopic (exact) mass is 534 g/mol. The SMILES string of the molecule is COc1ccc(NC(=O)COC(=O)c2ccc(N3C(=O)[C@H]4C[C@@H](Cl)[C@@H](Cl)C[C@H]4C3=O)cc2)c(OC)c1. The number of imide groups is 1. The number of methoxy groups -OCH3 is 2. The Balaban J connectivity index is 1.36. The summed E-state index contributed by atoms with van der Waals surface area (Å²) in [5.41, 5.74) is 0.898. The van der Waals surface area contributed by atoms with Gasteiger partial charge in [0.15, 0.2) is 6.61 Å². The van der Waals surface area contributed by atoms with Crippen molar-refractivity contribution in [3.05, 3.63) is 48.0 Å². The van der Waals surface area contributed by atoms with Gasteiger partial charge in [0.25, 0.3) is 5.91 Å². The molecule has 1 N–H and O–H groups in total. The predicted molar refractivity (Wildman–Crippen MR) is 133 cm³/mol. The smallest absolute Gasteiger partial charge is 0.338 e. The predicted octanol–water partition coefficient (Wildman–Crippen LogP) is 3.61. The summed E-state index contributed by atoms with van der Waals surface area (Å²) in [5, 5.41) is 1.87. The quantitative estimate of drug-likeness (QED) is 0.328. The van der Waals surface area contributed by atoms with E-state index in [4.69, 9.17) is 37.4 Å². The van der Waals surface area contributed by atoms with Crippen molar-refractivity contribution in [2.24, 2.45) is 11.8 Å². The van der Waals surface area contributed by atoms with Gasteiger partial charge >= 0.3 is 5.97 Å². The van der Waals surface area contributed by atoms with E-state index in [0.717, 1.165) is 4.90 Å². The highest BCUT2D eigenvalue weighted by atomic mass is 35.5. The minimum absolute atomic E-state index is 0.159. The molecule has 0 radical (unpaired) electrons. The van der Waals surface area contributed by atoms with Gasteiger partial charge in [0.1, 0.15) is 11.5 Å². The lowest BCUT2D eigenvalue weighted by molar-refractivity contribution is -0.122. The third-order valence-electron chi connectivity index (χ3n) is 6.29. The maximum atomic E-state index is 12.9. The molecule has 1 saturated heterocycles. The van der Waals surface area contributed by atoms with Crippen molar-refractivity contribution in [2.45, 2.75) is 23.6 Å². The number of amides is 3. The standard InChI is InChI=1S/C25H24Cl2N2O7/c1-34-15-7-8-20(21(9-15)35-2)28-22(30)12-36-25(33)13-3-5-14(6-4-13)29-23(31)16-10-18(26)19(27)11-17(16)24(29)32/h3-9,16-19H,10-12H2,1-2H3,(H,28,30)/t16-,17+,18+,19-. The van der Waals surface area contributed by atoms with Crippen LogP contribution in [0.2, 0.25) is 0 Å². The first kappa shape index (κ1) is 25.8. The van der Waals surface area contributed by atoms with Crippen molar-refractivity contribution in [1.82, 2.24) is 0 Å². The number of benzene rings is 2.